The second-order valence-electron chi connectivity index (χ2n) is 11.2. The predicted molar refractivity (Wildman–Crippen MR) is 134 cm³/mol. The second kappa shape index (κ2) is 9.65. The van der Waals surface area contributed by atoms with E-state index in [1.807, 2.05) is 0 Å². The quantitative estimate of drug-likeness (QED) is 0.517. The van der Waals surface area contributed by atoms with Crippen molar-refractivity contribution in [2.24, 2.45) is 23.7 Å². The van der Waals surface area contributed by atoms with Gasteiger partial charge >= 0.3 is 11.9 Å². The first kappa shape index (κ1) is 24.8. The van der Waals surface area contributed by atoms with Gasteiger partial charge in [-0.1, -0.05) is 31.2 Å². The summed E-state index contributed by atoms with van der Waals surface area (Å²) in [5, 5.41) is 0. The lowest BCUT2D eigenvalue weighted by Gasteiger charge is -2.48. The van der Waals surface area contributed by atoms with Crippen LogP contribution in [0.1, 0.15) is 56.6 Å². The summed E-state index contributed by atoms with van der Waals surface area (Å²) < 4.78 is 47.6. The van der Waals surface area contributed by atoms with Crippen molar-refractivity contribution in [2.45, 2.75) is 69.4 Å². The van der Waals surface area contributed by atoms with Gasteiger partial charge in [-0.3, -0.25) is 18.6 Å². The molecule has 0 aromatic carbocycles. The Morgan fingerprint density at radius 2 is 1.97 bits per heavy atom. The van der Waals surface area contributed by atoms with Crippen LogP contribution < -0.4 is 21.3 Å². The second-order valence-corrected chi connectivity index (χ2v) is 12.1. The van der Waals surface area contributed by atoms with Gasteiger partial charge in [0.15, 0.2) is 0 Å². The van der Waals surface area contributed by atoms with Gasteiger partial charge in [0.2, 0.25) is 0 Å². The molecule has 4 heterocycles. The number of hydrogen-bond acceptors (Lipinski definition) is 6. The number of nitrogens with one attached hydrogen (secondary N) is 3. The summed E-state index contributed by atoms with van der Waals surface area (Å²) in [6, 6.07) is 2.65. The summed E-state index contributed by atoms with van der Waals surface area (Å²) in [7, 11) is 2.14. The zero-order valence-corrected chi connectivity index (χ0v) is 21.3. The first-order valence-electron chi connectivity index (χ1n) is 13.2. The van der Waals surface area contributed by atoms with Crippen molar-refractivity contribution < 1.29 is 13.2 Å². The minimum Gasteiger partial charge on any atom is -0.295 e. The van der Waals surface area contributed by atoms with E-state index in [1.165, 1.54) is 42.1 Å². The Bertz CT molecular complexity index is 1140. The number of alkyl halides is 3. The van der Waals surface area contributed by atoms with Crippen LogP contribution in [0.5, 0.6) is 0 Å². The summed E-state index contributed by atoms with van der Waals surface area (Å²) in [6.45, 7) is 0.791. The average Bonchev–Trinajstić information content (AvgIpc) is 3.56. The first-order valence-corrected chi connectivity index (χ1v) is 14.1. The van der Waals surface area contributed by atoms with Crippen molar-refractivity contribution in [1.82, 2.24) is 29.4 Å². The van der Waals surface area contributed by atoms with Crippen molar-refractivity contribution in [2.75, 3.05) is 19.5 Å². The van der Waals surface area contributed by atoms with Crippen LogP contribution in [-0.2, 0) is 6.18 Å². The number of halogens is 3. The molecule has 6 rings (SSSR count). The van der Waals surface area contributed by atoms with Gasteiger partial charge in [-0.2, -0.15) is 13.2 Å². The topological polar surface area (TPSA) is 65.7 Å². The molecule has 2 saturated heterocycles. The molecule has 4 fully saturated rings. The smallest absolute Gasteiger partial charge is 0.295 e. The fourth-order valence-corrected chi connectivity index (χ4v) is 8.23. The molecular formula is C25H35F3N6OS. The van der Waals surface area contributed by atoms with Crippen molar-refractivity contribution in [3.63, 3.8) is 0 Å². The van der Waals surface area contributed by atoms with Gasteiger partial charge in [-0.15, -0.1) is 0 Å². The lowest BCUT2D eigenvalue weighted by Crippen LogP contribution is -2.51. The highest BCUT2D eigenvalue weighted by Gasteiger charge is 2.46. The molecule has 3 N–H and O–H groups in total. The van der Waals surface area contributed by atoms with Crippen LogP contribution in [0, 0.1) is 23.7 Å². The maximum atomic E-state index is 13.7. The molecule has 198 valence electrons. The summed E-state index contributed by atoms with van der Waals surface area (Å²) in [6.07, 6.45) is 6.18. The molecule has 0 radical (unpaired) electrons. The highest BCUT2D eigenvalue weighted by Crippen LogP contribution is 2.49. The first-order chi connectivity index (χ1) is 17.3. The van der Waals surface area contributed by atoms with Crippen LogP contribution in [0.15, 0.2) is 29.3 Å². The molecule has 2 aliphatic carbocycles. The molecule has 7 nitrogen and oxygen atoms in total. The minimum absolute atomic E-state index is 0.0554. The monoisotopic (exact) mass is 524 g/mol. The molecule has 4 aliphatic rings. The Morgan fingerprint density at radius 3 is 2.61 bits per heavy atom. The maximum absolute atomic E-state index is 13.7. The third kappa shape index (κ3) is 4.40. The van der Waals surface area contributed by atoms with Crippen LogP contribution in [0.4, 0.5) is 13.2 Å². The van der Waals surface area contributed by atoms with E-state index >= 15 is 0 Å². The SMILES string of the molecule is CN1CNNC1[C@@H](C1CCC1)C1CC(C2CCSN2)CC(n2cc3c(C(F)(F)F)cccn3c2=O)C1. The fraction of sp³-hybridized carbons (Fsp3) is 0.720. The summed E-state index contributed by atoms with van der Waals surface area (Å²) >= 11 is 1.76. The molecule has 0 spiro atoms. The minimum atomic E-state index is -4.51. The molecule has 6 atom stereocenters. The highest BCUT2D eigenvalue weighted by molar-refractivity contribution is 7.97. The van der Waals surface area contributed by atoms with Gasteiger partial charge in [0.05, 0.1) is 23.9 Å². The molecule has 2 aromatic heterocycles. The largest absolute Gasteiger partial charge is 0.418 e. The van der Waals surface area contributed by atoms with E-state index in [0.29, 0.717) is 29.7 Å². The number of nitrogens with zero attached hydrogens (tertiary/aromatic N) is 3. The Kier molecular flexibility index (Phi) is 6.64. The normalized spacial score (nSPS) is 33.3. The number of pyridine rings is 1. The molecule has 0 bridgehead atoms. The summed E-state index contributed by atoms with van der Waals surface area (Å²) in [5.41, 5.74) is 5.62. The van der Waals surface area contributed by atoms with E-state index in [-0.39, 0.29) is 23.4 Å². The molecule has 2 saturated carbocycles. The van der Waals surface area contributed by atoms with E-state index < -0.39 is 11.7 Å². The lowest BCUT2D eigenvalue weighted by atomic mass is 9.62. The van der Waals surface area contributed by atoms with Crippen LogP contribution in [0.3, 0.4) is 0 Å². The molecule has 5 unspecified atom stereocenters. The lowest BCUT2D eigenvalue weighted by molar-refractivity contribution is -0.136. The number of rotatable bonds is 5. The molecule has 2 aliphatic heterocycles. The van der Waals surface area contributed by atoms with E-state index in [2.05, 4.69) is 27.5 Å². The third-order valence-electron chi connectivity index (χ3n) is 9.17. The Labute approximate surface area is 213 Å². The fourth-order valence-electron chi connectivity index (χ4n) is 7.22. The Balaban J connectivity index is 1.38. The summed E-state index contributed by atoms with van der Waals surface area (Å²) in [5.74, 6) is 2.94. The Morgan fingerprint density at radius 1 is 1.14 bits per heavy atom. The number of imidazole rings is 1. The predicted octanol–water partition coefficient (Wildman–Crippen LogP) is 3.83. The zero-order valence-electron chi connectivity index (χ0n) is 20.5. The van der Waals surface area contributed by atoms with Gasteiger partial charge in [-0.25, -0.2) is 15.6 Å². The van der Waals surface area contributed by atoms with E-state index in [1.54, 1.807) is 16.5 Å². The van der Waals surface area contributed by atoms with Gasteiger partial charge in [0, 0.05) is 30.2 Å². The average molecular weight is 525 g/mol. The zero-order chi connectivity index (χ0) is 25.0. The molecule has 2 aromatic rings. The van der Waals surface area contributed by atoms with Crippen molar-refractivity contribution in [1.29, 1.82) is 0 Å². The maximum Gasteiger partial charge on any atom is 0.418 e. The van der Waals surface area contributed by atoms with E-state index in [0.717, 1.165) is 44.2 Å². The number of hydrazine groups is 1. The van der Waals surface area contributed by atoms with Crippen molar-refractivity contribution in [3.8, 4) is 0 Å². The van der Waals surface area contributed by atoms with Gasteiger partial charge in [0.25, 0.3) is 0 Å². The van der Waals surface area contributed by atoms with Crippen LogP contribution in [0.2, 0.25) is 0 Å². The number of aromatic nitrogens is 2. The van der Waals surface area contributed by atoms with Gasteiger partial charge < -0.3 is 0 Å². The van der Waals surface area contributed by atoms with Crippen LogP contribution in [0.25, 0.3) is 5.52 Å². The highest BCUT2D eigenvalue weighted by atomic mass is 32.2. The number of fused-ring (bicyclic) bond motifs is 1. The molecule has 36 heavy (non-hydrogen) atoms. The Hall–Kier alpha value is -1.53. The third-order valence-corrected chi connectivity index (χ3v) is 10.1. The number of hydrogen-bond donors (Lipinski definition) is 3. The van der Waals surface area contributed by atoms with Gasteiger partial charge in [-0.05, 0) is 68.5 Å². The summed E-state index contributed by atoms with van der Waals surface area (Å²) in [4.78, 5) is 15.8. The van der Waals surface area contributed by atoms with Crippen LogP contribution >= 0.6 is 11.9 Å². The van der Waals surface area contributed by atoms with Crippen LogP contribution in [-0.4, -0.2) is 45.5 Å². The van der Waals surface area contributed by atoms with Crippen molar-refractivity contribution >= 4 is 17.5 Å². The standard InChI is InChI=1S/C25H35F3N6OS/c1-32-14-29-30-23(32)22(15-4-2-5-15)17-10-16(20-7-9-36-31-20)11-18(12-17)34-13-21-19(25(26,27)28)6-3-8-33(21)24(34)35/h3,6,8,13,15-18,20,22-23,29-31H,2,4-5,7,9-12,14H2,1H3/t16?,17?,18?,20?,22-,23?/m0/s1. The molecule has 11 heteroatoms. The van der Waals surface area contributed by atoms with E-state index in [9.17, 15) is 18.0 Å². The molecule has 0 amide bonds. The van der Waals surface area contributed by atoms with E-state index in [4.69, 9.17) is 0 Å². The molecular weight excluding hydrogens is 489 g/mol. The van der Waals surface area contributed by atoms with Crippen molar-refractivity contribution in [3.05, 3.63) is 40.6 Å². The van der Waals surface area contributed by atoms with Gasteiger partial charge in [0.1, 0.15) is 0 Å².